The number of hydrogen-bond donors (Lipinski definition) is 1. The summed E-state index contributed by atoms with van der Waals surface area (Å²) in [6, 6.07) is 10.9. The fourth-order valence-corrected chi connectivity index (χ4v) is 3.37. The Kier molecular flexibility index (Phi) is 9.24. The van der Waals surface area contributed by atoms with E-state index in [1.54, 1.807) is 21.3 Å². The second-order valence-electron chi connectivity index (χ2n) is 3.69. The summed E-state index contributed by atoms with van der Waals surface area (Å²) in [7, 11) is 2.53. The molecular weight excluding hydrogens is 265 g/mol. The maximum atomic E-state index is 5.36. The summed E-state index contributed by atoms with van der Waals surface area (Å²) in [5.41, 5.74) is 1.13. The average molecular weight is 289 g/mol. The molecule has 0 saturated heterocycles. The molecule has 1 atom stereocenters. The molecule has 0 aromatic heterocycles. The minimum absolute atomic E-state index is 0. The molecule has 1 N–H and O–H groups in total. The zero-order valence-corrected chi connectivity index (χ0v) is 13.9. The minimum Gasteiger partial charge on any atom is -0.385 e. The zero-order valence-electron chi connectivity index (χ0n) is 11.4. The highest BCUT2D eigenvalue weighted by Crippen LogP contribution is 2.15. The van der Waals surface area contributed by atoms with Crippen molar-refractivity contribution in [1.29, 1.82) is 0 Å². The Bertz CT molecular complexity index is 301. The molecule has 1 aromatic rings. The summed E-state index contributed by atoms with van der Waals surface area (Å²) in [6.45, 7) is 0.884. The van der Waals surface area contributed by atoms with Crippen molar-refractivity contribution in [2.24, 2.45) is 0 Å². The largest absolute Gasteiger partial charge is 0.500 e. The van der Waals surface area contributed by atoms with Gasteiger partial charge in [-0.2, -0.15) is 9.90 Å². The van der Waals surface area contributed by atoms with Crippen LogP contribution < -0.4 is 5.32 Å². The summed E-state index contributed by atoms with van der Waals surface area (Å²) in [6.07, 6.45) is 0.955. The van der Waals surface area contributed by atoms with Gasteiger partial charge in [0.2, 0.25) is 0 Å². The predicted molar refractivity (Wildman–Crippen MR) is 82.2 cm³/mol. The first-order valence-electron chi connectivity index (χ1n) is 5.70. The number of anilines is 1. The van der Waals surface area contributed by atoms with Crippen LogP contribution in [0.1, 0.15) is 6.42 Å². The maximum absolute atomic E-state index is 5.36. The van der Waals surface area contributed by atoms with E-state index >= 15 is 0 Å². The van der Waals surface area contributed by atoms with E-state index < -0.39 is 8.80 Å². The van der Waals surface area contributed by atoms with E-state index in [4.69, 9.17) is 13.3 Å². The number of hydrogen-bond acceptors (Lipinski definition) is 4. The van der Waals surface area contributed by atoms with E-state index in [9.17, 15) is 0 Å². The smallest absolute Gasteiger partial charge is 0.385 e. The van der Waals surface area contributed by atoms with Crippen molar-refractivity contribution in [3.63, 3.8) is 0 Å². The molecule has 0 aliphatic carbocycles. The Balaban J connectivity index is 0.00000289. The van der Waals surface area contributed by atoms with E-state index in [2.05, 4.69) is 5.32 Å². The first-order valence-corrected chi connectivity index (χ1v) is 7.64. The normalized spacial score (nSPS) is 10.8. The van der Waals surface area contributed by atoms with Gasteiger partial charge < -0.3 is 18.6 Å². The maximum Gasteiger partial charge on any atom is 0.500 e. The van der Waals surface area contributed by atoms with Crippen LogP contribution in [-0.2, 0) is 13.3 Å². The molecule has 4 nitrogen and oxygen atoms in total. The van der Waals surface area contributed by atoms with Crippen LogP contribution in [0.25, 0.3) is 0 Å². The Hall–Kier alpha value is -0.453. The topological polar surface area (TPSA) is 39.7 Å². The molecule has 18 heavy (non-hydrogen) atoms. The number of nitrogens with one attached hydrogen (secondary N) is 1. The van der Waals surface area contributed by atoms with Gasteiger partial charge in [0.05, 0.1) is 0 Å². The van der Waals surface area contributed by atoms with Gasteiger partial charge in [0, 0.05) is 39.6 Å². The van der Waals surface area contributed by atoms with Crippen molar-refractivity contribution < 1.29 is 13.3 Å². The van der Waals surface area contributed by atoms with Crippen molar-refractivity contribution in [1.82, 2.24) is 0 Å². The van der Waals surface area contributed by atoms with Gasteiger partial charge in [-0.25, -0.2) is 0 Å². The lowest BCUT2D eigenvalue weighted by Gasteiger charge is -2.24. The standard InChI is InChI=1S/C12H21NO3Si.H3P/c1-14-17(15-2,16-3)11-7-10-13-12-8-5-4-6-9-12;/h4-6,8-9,13H,7,10-11H2,1-3H3;1H3. The van der Waals surface area contributed by atoms with Gasteiger partial charge in [-0.15, -0.1) is 0 Å². The molecule has 1 aromatic carbocycles. The van der Waals surface area contributed by atoms with Gasteiger partial charge in [0.1, 0.15) is 0 Å². The summed E-state index contributed by atoms with van der Waals surface area (Å²) in [5.74, 6) is 0. The van der Waals surface area contributed by atoms with Crippen molar-refractivity contribution in [2.75, 3.05) is 33.2 Å². The highest BCUT2D eigenvalue weighted by molar-refractivity contribution is 6.92. The molecule has 104 valence electrons. The first-order chi connectivity index (χ1) is 8.26. The van der Waals surface area contributed by atoms with Crippen LogP contribution in [0.4, 0.5) is 5.69 Å². The number of rotatable bonds is 8. The summed E-state index contributed by atoms with van der Waals surface area (Å²) in [4.78, 5) is 0. The van der Waals surface area contributed by atoms with Gasteiger partial charge >= 0.3 is 8.80 Å². The molecule has 6 heteroatoms. The number of benzene rings is 1. The third-order valence-corrected chi connectivity index (χ3v) is 5.53. The summed E-state index contributed by atoms with van der Waals surface area (Å²) in [5, 5.41) is 3.35. The molecule has 0 bridgehead atoms. The predicted octanol–water partition coefficient (Wildman–Crippen LogP) is 2.42. The van der Waals surface area contributed by atoms with Crippen LogP contribution in [0.15, 0.2) is 30.3 Å². The van der Waals surface area contributed by atoms with E-state index in [0.717, 1.165) is 24.7 Å². The Labute approximate surface area is 114 Å². The highest BCUT2D eigenvalue weighted by Gasteiger charge is 2.36. The molecule has 0 heterocycles. The fraction of sp³-hybridized carbons (Fsp3) is 0.500. The summed E-state index contributed by atoms with van der Waals surface area (Å²) >= 11 is 0. The van der Waals surface area contributed by atoms with Crippen LogP contribution in [-0.4, -0.2) is 36.7 Å². The third-order valence-electron chi connectivity index (χ3n) is 2.70. The van der Waals surface area contributed by atoms with Gasteiger partial charge in [-0.1, -0.05) is 18.2 Å². The van der Waals surface area contributed by atoms with Crippen molar-refractivity contribution in [2.45, 2.75) is 12.5 Å². The number of para-hydroxylation sites is 1. The molecule has 0 fully saturated rings. The second kappa shape index (κ2) is 9.47. The molecule has 0 amide bonds. The third kappa shape index (κ3) is 5.46. The lowest BCUT2D eigenvalue weighted by atomic mass is 10.3. The minimum atomic E-state index is -2.40. The molecule has 0 aliphatic heterocycles. The molecule has 0 spiro atoms. The van der Waals surface area contributed by atoms with Crippen LogP contribution >= 0.6 is 9.90 Å². The van der Waals surface area contributed by atoms with E-state index in [0.29, 0.717) is 0 Å². The van der Waals surface area contributed by atoms with Crippen LogP contribution in [0, 0.1) is 0 Å². The van der Waals surface area contributed by atoms with Gasteiger partial charge in [-0.3, -0.25) is 0 Å². The lowest BCUT2D eigenvalue weighted by molar-refractivity contribution is 0.123. The Morgan fingerprint density at radius 1 is 1.00 bits per heavy atom. The van der Waals surface area contributed by atoms with Crippen molar-refractivity contribution in [3.8, 4) is 0 Å². The SMILES string of the molecule is CO[Si](CCCNc1ccccc1)(OC)OC.P. The first kappa shape index (κ1) is 17.5. The molecule has 0 aliphatic rings. The van der Waals surface area contributed by atoms with E-state index in [1.165, 1.54) is 0 Å². The Morgan fingerprint density at radius 2 is 1.56 bits per heavy atom. The van der Waals surface area contributed by atoms with Gasteiger partial charge in [0.25, 0.3) is 0 Å². The van der Waals surface area contributed by atoms with Crippen LogP contribution in [0.3, 0.4) is 0 Å². The van der Waals surface area contributed by atoms with E-state index in [-0.39, 0.29) is 9.90 Å². The van der Waals surface area contributed by atoms with Crippen LogP contribution in [0.5, 0.6) is 0 Å². The molecule has 0 radical (unpaired) electrons. The van der Waals surface area contributed by atoms with Gasteiger partial charge in [-0.05, 0) is 18.6 Å². The summed E-state index contributed by atoms with van der Waals surface area (Å²) < 4.78 is 16.1. The molecular formula is C12H24NO3PSi. The Morgan fingerprint density at radius 3 is 2.06 bits per heavy atom. The monoisotopic (exact) mass is 289 g/mol. The van der Waals surface area contributed by atoms with Crippen molar-refractivity contribution >= 4 is 24.4 Å². The molecule has 1 unspecified atom stereocenters. The average Bonchev–Trinajstić information content (AvgIpc) is 2.41. The lowest BCUT2D eigenvalue weighted by Crippen LogP contribution is -2.42. The van der Waals surface area contributed by atoms with Gasteiger partial charge in [0.15, 0.2) is 0 Å². The van der Waals surface area contributed by atoms with Crippen LogP contribution in [0.2, 0.25) is 6.04 Å². The van der Waals surface area contributed by atoms with Crippen molar-refractivity contribution in [3.05, 3.63) is 30.3 Å². The highest BCUT2D eigenvalue weighted by atomic mass is 31.0. The zero-order chi connectivity index (χ0) is 12.6. The molecule has 0 saturated carbocycles. The quantitative estimate of drug-likeness (QED) is 0.453. The fourth-order valence-electron chi connectivity index (χ4n) is 1.65. The second-order valence-corrected chi connectivity index (χ2v) is 6.78. The molecule has 1 rings (SSSR count). The van der Waals surface area contributed by atoms with E-state index in [1.807, 2.05) is 30.3 Å².